The summed E-state index contributed by atoms with van der Waals surface area (Å²) in [5.74, 6) is 0.952. The van der Waals surface area contributed by atoms with Gasteiger partial charge in [-0.2, -0.15) is 0 Å². The summed E-state index contributed by atoms with van der Waals surface area (Å²) >= 11 is 0. The fourth-order valence-corrected chi connectivity index (χ4v) is 1.95. The highest BCUT2D eigenvalue weighted by atomic mass is 16.5. The van der Waals surface area contributed by atoms with E-state index in [-0.39, 0.29) is 0 Å². The molecular formula is C18H22O2. The Hall–Kier alpha value is -1.80. The van der Waals surface area contributed by atoms with E-state index in [9.17, 15) is 0 Å². The van der Waals surface area contributed by atoms with Gasteiger partial charge >= 0.3 is 0 Å². The number of benzene rings is 2. The Morgan fingerprint density at radius 2 is 1.30 bits per heavy atom. The van der Waals surface area contributed by atoms with E-state index in [1.165, 1.54) is 5.56 Å². The molecule has 0 saturated carbocycles. The van der Waals surface area contributed by atoms with Crippen LogP contribution in [0.25, 0.3) is 0 Å². The van der Waals surface area contributed by atoms with Crippen molar-refractivity contribution >= 4 is 0 Å². The lowest BCUT2D eigenvalue weighted by molar-refractivity contribution is 0.116. The molecule has 0 amide bonds. The van der Waals surface area contributed by atoms with E-state index in [4.69, 9.17) is 9.47 Å². The zero-order chi connectivity index (χ0) is 13.9. The van der Waals surface area contributed by atoms with Crippen LogP contribution >= 0.6 is 0 Å². The van der Waals surface area contributed by atoms with Gasteiger partial charge in [0.15, 0.2) is 0 Å². The van der Waals surface area contributed by atoms with Crippen LogP contribution in [0.5, 0.6) is 5.75 Å². The summed E-state index contributed by atoms with van der Waals surface area (Å²) in [7, 11) is 0. The van der Waals surface area contributed by atoms with Crippen molar-refractivity contribution in [2.24, 2.45) is 0 Å². The maximum Gasteiger partial charge on any atom is 0.119 e. The fraction of sp³-hybridized carbons (Fsp3) is 0.333. The van der Waals surface area contributed by atoms with Gasteiger partial charge in [-0.3, -0.25) is 0 Å². The first kappa shape index (κ1) is 14.6. The van der Waals surface area contributed by atoms with Gasteiger partial charge < -0.3 is 9.47 Å². The van der Waals surface area contributed by atoms with Gasteiger partial charge in [-0.25, -0.2) is 0 Å². The minimum atomic E-state index is 0.710. The zero-order valence-corrected chi connectivity index (χ0v) is 11.8. The van der Waals surface area contributed by atoms with Crippen LogP contribution in [0, 0.1) is 0 Å². The van der Waals surface area contributed by atoms with Gasteiger partial charge in [-0.1, -0.05) is 48.5 Å². The van der Waals surface area contributed by atoms with Crippen molar-refractivity contribution in [1.82, 2.24) is 0 Å². The van der Waals surface area contributed by atoms with Crippen LogP contribution in [0.15, 0.2) is 60.7 Å². The SMILES string of the molecule is c1ccc(COCCCCCOc2ccccc2)cc1. The molecule has 2 aromatic carbocycles. The first-order valence-corrected chi connectivity index (χ1v) is 7.25. The summed E-state index contributed by atoms with van der Waals surface area (Å²) in [5.41, 5.74) is 1.24. The molecule has 0 N–H and O–H groups in total. The average molecular weight is 270 g/mol. The zero-order valence-electron chi connectivity index (χ0n) is 11.8. The third-order valence-electron chi connectivity index (χ3n) is 3.06. The Balaban J connectivity index is 1.44. The molecule has 0 heterocycles. The lowest BCUT2D eigenvalue weighted by Gasteiger charge is -2.06. The molecule has 20 heavy (non-hydrogen) atoms. The number of rotatable bonds is 9. The van der Waals surface area contributed by atoms with Crippen molar-refractivity contribution in [2.75, 3.05) is 13.2 Å². The molecule has 0 aromatic heterocycles. The predicted molar refractivity (Wildman–Crippen MR) is 81.9 cm³/mol. The van der Waals surface area contributed by atoms with Gasteiger partial charge in [0, 0.05) is 6.61 Å². The molecule has 2 rings (SSSR count). The number of para-hydroxylation sites is 1. The predicted octanol–water partition coefficient (Wildman–Crippen LogP) is 4.45. The third kappa shape index (κ3) is 5.89. The lowest BCUT2D eigenvalue weighted by atomic mass is 10.2. The van der Waals surface area contributed by atoms with Gasteiger partial charge in [0.2, 0.25) is 0 Å². The van der Waals surface area contributed by atoms with Crippen molar-refractivity contribution in [3.63, 3.8) is 0 Å². The summed E-state index contributed by atoms with van der Waals surface area (Å²) in [5, 5.41) is 0. The summed E-state index contributed by atoms with van der Waals surface area (Å²) in [6, 6.07) is 20.2. The third-order valence-corrected chi connectivity index (χ3v) is 3.06. The van der Waals surface area contributed by atoms with E-state index in [1.807, 2.05) is 48.5 Å². The van der Waals surface area contributed by atoms with Gasteiger partial charge in [0.05, 0.1) is 13.2 Å². The van der Waals surface area contributed by atoms with E-state index in [0.717, 1.165) is 38.2 Å². The number of hydrogen-bond donors (Lipinski definition) is 0. The van der Waals surface area contributed by atoms with E-state index in [2.05, 4.69) is 12.1 Å². The summed E-state index contributed by atoms with van der Waals surface area (Å²) in [6.45, 7) is 2.31. The van der Waals surface area contributed by atoms with E-state index >= 15 is 0 Å². The second-order valence-electron chi connectivity index (χ2n) is 4.76. The van der Waals surface area contributed by atoms with E-state index in [1.54, 1.807) is 0 Å². The van der Waals surface area contributed by atoms with Crippen LogP contribution in [-0.4, -0.2) is 13.2 Å². The van der Waals surface area contributed by atoms with Gasteiger partial charge in [0.1, 0.15) is 5.75 Å². The number of ether oxygens (including phenoxy) is 2. The van der Waals surface area contributed by atoms with E-state index in [0.29, 0.717) is 6.61 Å². The van der Waals surface area contributed by atoms with Crippen LogP contribution in [0.4, 0.5) is 0 Å². The normalized spacial score (nSPS) is 10.4. The van der Waals surface area contributed by atoms with Crippen LogP contribution in [0.1, 0.15) is 24.8 Å². The van der Waals surface area contributed by atoms with E-state index < -0.39 is 0 Å². The average Bonchev–Trinajstić information content (AvgIpc) is 2.52. The molecule has 0 saturated heterocycles. The van der Waals surface area contributed by atoms with Crippen LogP contribution in [0.3, 0.4) is 0 Å². The summed E-state index contributed by atoms with van der Waals surface area (Å²) in [6.07, 6.45) is 3.30. The quantitative estimate of drug-likeness (QED) is 0.627. The Kier molecular flexibility index (Phi) is 6.69. The molecule has 0 aliphatic heterocycles. The molecular weight excluding hydrogens is 248 g/mol. The Morgan fingerprint density at radius 3 is 2.05 bits per heavy atom. The standard InChI is InChI=1S/C18H22O2/c1-4-10-17(11-5-1)16-19-14-8-3-9-15-20-18-12-6-2-7-13-18/h1-2,4-7,10-13H,3,8-9,14-16H2. The second kappa shape index (κ2) is 9.16. The minimum Gasteiger partial charge on any atom is -0.494 e. The van der Waals surface area contributed by atoms with Gasteiger partial charge in [-0.15, -0.1) is 0 Å². The van der Waals surface area contributed by atoms with Crippen molar-refractivity contribution in [2.45, 2.75) is 25.9 Å². The van der Waals surface area contributed by atoms with Gasteiger partial charge in [-0.05, 0) is 37.0 Å². The topological polar surface area (TPSA) is 18.5 Å². The van der Waals surface area contributed by atoms with Crippen LogP contribution in [0.2, 0.25) is 0 Å². The molecule has 0 fully saturated rings. The van der Waals surface area contributed by atoms with Crippen molar-refractivity contribution in [1.29, 1.82) is 0 Å². The molecule has 0 bridgehead atoms. The van der Waals surface area contributed by atoms with Crippen molar-refractivity contribution < 1.29 is 9.47 Å². The molecule has 0 radical (unpaired) electrons. The highest BCUT2D eigenvalue weighted by Gasteiger charge is 1.94. The van der Waals surface area contributed by atoms with Crippen LogP contribution in [-0.2, 0) is 11.3 Å². The number of hydrogen-bond acceptors (Lipinski definition) is 2. The molecule has 2 nitrogen and oxygen atoms in total. The molecule has 0 unspecified atom stereocenters. The molecule has 0 atom stereocenters. The molecule has 2 aromatic rings. The highest BCUT2D eigenvalue weighted by Crippen LogP contribution is 2.09. The van der Waals surface area contributed by atoms with Crippen LogP contribution < -0.4 is 4.74 Å². The maximum absolute atomic E-state index is 5.64. The molecule has 0 aliphatic carbocycles. The fourth-order valence-electron chi connectivity index (χ4n) is 1.95. The highest BCUT2D eigenvalue weighted by molar-refractivity contribution is 5.20. The largest absolute Gasteiger partial charge is 0.494 e. The Morgan fingerprint density at radius 1 is 0.650 bits per heavy atom. The smallest absolute Gasteiger partial charge is 0.119 e. The molecule has 106 valence electrons. The molecule has 0 spiro atoms. The lowest BCUT2D eigenvalue weighted by Crippen LogP contribution is -1.99. The van der Waals surface area contributed by atoms with Crippen molar-refractivity contribution in [3.05, 3.63) is 66.2 Å². The second-order valence-corrected chi connectivity index (χ2v) is 4.76. The minimum absolute atomic E-state index is 0.710. The molecule has 0 aliphatic rings. The number of unbranched alkanes of at least 4 members (excludes halogenated alkanes) is 2. The first-order chi connectivity index (χ1) is 9.95. The first-order valence-electron chi connectivity index (χ1n) is 7.25. The van der Waals surface area contributed by atoms with Gasteiger partial charge in [0.25, 0.3) is 0 Å². The summed E-state index contributed by atoms with van der Waals surface area (Å²) in [4.78, 5) is 0. The maximum atomic E-state index is 5.64. The monoisotopic (exact) mass is 270 g/mol. The Labute approximate surface area is 121 Å². The Bertz CT molecular complexity index is 408. The molecule has 2 heteroatoms. The summed E-state index contributed by atoms with van der Waals surface area (Å²) < 4.78 is 11.3. The van der Waals surface area contributed by atoms with Crippen molar-refractivity contribution in [3.8, 4) is 5.75 Å².